The summed E-state index contributed by atoms with van der Waals surface area (Å²) in [6.07, 6.45) is 0.407. The van der Waals surface area contributed by atoms with Crippen molar-refractivity contribution in [1.82, 2.24) is 4.98 Å². The molecule has 1 aromatic carbocycles. The molecular weight excluding hydrogens is 368 g/mol. The van der Waals surface area contributed by atoms with Crippen molar-refractivity contribution in [3.63, 3.8) is 0 Å². The first kappa shape index (κ1) is 19.1. The molecule has 1 unspecified atom stereocenters. The summed E-state index contributed by atoms with van der Waals surface area (Å²) in [5.74, 6) is -1.49. The Bertz CT molecular complexity index is 888. The van der Waals surface area contributed by atoms with E-state index in [0.717, 1.165) is 10.2 Å². The van der Waals surface area contributed by atoms with Crippen LogP contribution in [0.25, 0.3) is 10.2 Å². The lowest BCUT2D eigenvalue weighted by molar-refractivity contribution is -0.139. The van der Waals surface area contributed by atoms with E-state index in [1.54, 1.807) is 6.92 Å². The van der Waals surface area contributed by atoms with Gasteiger partial charge >= 0.3 is 5.97 Å². The van der Waals surface area contributed by atoms with Crippen molar-refractivity contribution in [2.24, 2.45) is 16.0 Å². The summed E-state index contributed by atoms with van der Waals surface area (Å²) in [6, 6.07) is 7.58. The number of para-hydroxylation sites is 1. The van der Waals surface area contributed by atoms with Crippen LogP contribution in [0.1, 0.15) is 19.8 Å². The summed E-state index contributed by atoms with van der Waals surface area (Å²) in [4.78, 5) is 33.6. The fourth-order valence-electron chi connectivity index (χ4n) is 2.78. The monoisotopic (exact) mass is 388 g/mol. The van der Waals surface area contributed by atoms with Crippen LogP contribution in [0.5, 0.6) is 0 Å². The largest absolute Gasteiger partial charge is 0.469 e. The van der Waals surface area contributed by atoms with Crippen molar-refractivity contribution in [1.29, 1.82) is 0 Å². The van der Waals surface area contributed by atoms with Gasteiger partial charge in [0, 0.05) is 18.9 Å². The average Bonchev–Trinajstić information content (AvgIpc) is 3.22. The molecule has 27 heavy (non-hydrogen) atoms. The van der Waals surface area contributed by atoms with E-state index in [4.69, 9.17) is 9.84 Å². The van der Waals surface area contributed by atoms with E-state index >= 15 is 0 Å². The number of rotatable bonds is 7. The second-order valence-corrected chi connectivity index (χ2v) is 7.00. The van der Waals surface area contributed by atoms with Gasteiger partial charge in [0.1, 0.15) is 5.92 Å². The Labute approximate surface area is 160 Å². The number of anilines is 1. The maximum atomic E-state index is 13.0. The van der Waals surface area contributed by atoms with Gasteiger partial charge < -0.3 is 9.84 Å². The molecule has 0 radical (unpaired) electrons. The van der Waals surface area contributed by atoms with Crippen LogP contribution in [0.15, 0.2) is 34.4 Å². The fraction of sp³-hybridized carbons (Fsp3) is 0.389. The number of hydrazone groups is 1. The molecule has 0 spiro atoms. The van der Waals surface area contributed by atoms with Gasteiger partial charge in [-0.15, -0.1) is 0 Å². The van der Waals surface area contributed by atoms with Crippen LogP contribution in [0.3, 0.4) is 0 Å². The first-order valence-electron chi connectivity index (χ1n) is 8.50. The third kappa shape index (κ3) is 4.04. The Kier molecular flexibility index (Phi) is 5.92. The van der Waals surface area contributed by atoms with Gasteiger partial charge in [-0.2, -0.15) is 10.1 Å². The number of carbonyl (C=O) groups is 2. The van der Waals surface area contributed by atoms with E-state index in [0.29, 0.717) is 29.5 Å². The van der Waals surface area contributed by atoms with Crippen LogP contribution in [0, 0.1) is 5.92 Å². The summed E-state index contributed by atoms with van der Waals surface area (Å²) in [5.41, 5.74) is 1.72. The van der Waals surface area contributed by atoms with Crippen molar-refractivity contribution in [2.75, 3.05) is 25.3 Å². The second-order valence-electron chi connectivity index (χ2n) is 5.99. The normalized spacial score (nSPS) is 17.5. The van der Waals surface area contributed by atoms with Gasteiger partial charge in [-0.1, -0.05) is 23.5 Å². The predicted molar refractivity (Wildman–Crippen MR) is 104 cm³/mol. The Hall–Kier alpha value is -2.65. The molecule has 0 saturated heterocycles. The molecule has 1 atom stereocenters. The lowest BCUT2D eigenvalue weighted by Gasteiger charge is -2.12. The van der Waals surface area contributed by atoms with Crippen molar-refractivity contribution in [2.45, 2.75) is 19.8 Å². The molecular formula is C18H20N4O4S. The van der Waals surface area contributed by atoms with Gasteiger partial charge in [0.15, 0.2) is 0 Å². The summed E-state index contributed by atoms with van der Waals surface area (Å²) < 4.78 is 5.67. The summed E-state index contributed by atoms with van der Waals surface area (Å²) >= 11 is 1.36. The van der Waals surface area contributed by atoms with E-state index < -0.39 is 11.9 Å². The highest BCUT2D eigenvalue weighted by atomic mass is 32.1. The highest BCUT2D eigenvalue weighted by Crippen LogP contribution is 2.33. The molecule has 0 bridgehead atoms. The lowest BCUT2D eigenvalue weighted by Crippen LogP contribution is -2.33. The van der Waals surface area contributed by atoms with Crippen molar-refractivity contribution in [3.05, 3.63) is 24.3 Å². The number of aliphatic hydroxyl groups excluding tert-OH is 1. The molecule has 1 N–H and O–H groups in total. The lowest BCUT2D eigenvalue weighted by atomic mass is 9.96. The smallest absolute Gasteiger partial charge is 0.311 e. The number of hydrogen-bond acceptors (Lipinski definition) is 8. The van der Waals surface area contributed by atoms with Crippen molar-refractivity contribution >= 4 is 50.0 Å². The first-order chi connectivity index (χ1) is 13.0. The van der Waals surface area contributed by atoms with Crippen LogP contribution in [-0.2, 0) is 14.3 Å². The Balaban J connectivity index is 1.94. The molecule has 1 aromatic heterocycles. The molecule has 9 heteroatoms. The minimum Gasteiger partial charge on any atom is -0.469 e. The quantitative estimate of drug-likeness (QED) is 0.444. The molecule has 142 valence electrons. The first-order valence-corrected chi connectivity index (χ1v) is 9.32. The highest BCUT2D eigenvalue weighted by Gasteiger charge is 2.40. The van der Waals surface area contributed by atoms with Crippen LogP contribution in [0.2, 0.25) is 0 Å². The summed E-state index contributed by atoms with van der Waals surface area (Å²) in [7, 11) is 1.29. The number of nitrogens with zero attached hydrogens (tertiary/aromatic N) is 4. The Morgan fingerprint density at radius 3 is 2.89 bits per heavy atom. The zero-order valence-corrected chi connectivity index (χ0v) is 15.9. The number of thiazole rings is 1. The number of fused-ring (bicyclic) bond motifs is 1. The molecule has 3 rings (SSSR count). The topological polar surface area (TPSA) is 104 Å². The number of aliphatic imine (C=N–C) groups is 1. The zero-order chi connectivity index (χ0) is 19.4. The number of amides is 1. The highest BCUT2D eigenvalue weighted by molar-refractivity contribution is 7.22. The molecule has 2 heterocycles. The van der Waals surface area contributed by atoms with Crippen LogP contribution >= 0.6 is 11.3 Å². The minimum absolute atomic E-state index is 0.0241. The third-order valence-electron chi connectivity index (χ3n) is 4.13. The molecule has 8 nitrogen and oxygen atoms in total. The van der Waals surface area contributed by atoms with Gasteiger partial charge in [-0.05, 0) is 25.5 Å². The maximum absolute atomic E-state index is 13.0. The molecule has 0 saturated carbocycles. The van der Waals surface area contributed by atoms with Crippen molar-refractivity contribution < 1.29 is 19.4 Å². The van der Waals surface area contributed by atoms with Gasteiger partial charge in [-0.25, -0.2) is 4.98 Å². The SMILES string of the molecule is COC(=O)CC1=NN(c2nc3ccccc3s2)C(=O)C1C(C)=NCCCO. The summed E-state index contributed by atoms with van der Waals surface area (Å²) in [5, 5.41) is 15.0. The Morgan fingerprint density at radius 2 is 2.19 bits per heavy atom. The number of carbonyl (C=O) groups excluding carboxylic acids is 2. The van der Waals surface area contributed by atoms with Crippen LogP contribution < -0.4 is 5.01 Å². The number of hydrogen-bond donors (Lipinski definition) is 1. The van der Waals surface area contributed by atoms with E-state index in [2.05, 4.69) is 15.1 Å². The zero-order valence-electron chi connectivity index (χ0n) is 15.1. The van der Waals surface area contributed by atoms with E-state index in [9.17, 15) is 9.59 Å². The predicted octanol–water partition coefficient (Wildman–Crippen LogP) is 2.02. The number of esters is 1. The van der Waals surface area contributed by atoms with Gasteiger partial charge in [0.05, 0.1) is 29.5 Å². The van der Waals surface area contributed by atoms with Crippen molar-refractivity contribution in [3.8, 4) is 0 Å². The molecule has 2 aromatic rings. The average molecular weight is 388 g/mol. The van der Waals surface area contributed by atoms with E-state index in [-0.39, 0.29) is 18.9 Å². The minimum atomic E-state index is -0.727. The van der Waals surface area contributed by atoms with Gasteiger partial charge in [-0.3, -0.25) is 14.6 Å². The van der Waals surface area contributed by atoms with Crippen LogP contribution in [0.4, 0.5) is 5.13 Å². The molecule has 0 fully saturated rings. The molecule has 1 aliphatic heterocycles. The maximum Gasteiger partial charge on any atom is 0.311 e. The number of ether oxygens (including phenoxy) is 1. The fourth-order valence-corrected chi connectivity index (χ4v) is 3.71. The Morgan fingerprint density at radius 1 is 1.41 bits per heavy atom. The second kappa shape index (κ2) is 8.36. The summed E-state index contributed by atoms with van der Waals surface area (Å²) in [6.45, 7) is 2.16. The number of aliphatic hydroxyl groups is 1. The van der Waals surface area contributed by atoms with Crippen LogP contribution in [-0.4, -0.2) is 53.7 Å². The standard InChI is InChI=1S/C18H20N4O4S/c1-11(19-8-5-9-23)16-13(10-15(24)26-2)21-22(17(16)25)18-20-12-6-3-4-7-14(12)27-18/h3-4,6-7,16,23H,5,8-10H2,1-2H3. The molecule has 0 aliphatic carbocycles. The number of benzene rings is 1. The third-order valence-corrected chi connectivity index (χ3v) is 5.14. The van der Waals surface area contributed by atoms with E-state index in [1.165, 1.54) is 23.5 Å². The van der Waals surface area contributed by atoms with E-state index in [1.807, 2.05) is 24.3 Å². The van der Waals surface area contributed by atoms with Gasteiger partial charge in [0.2, 0.25) is 5.13 Å². The number of aromatic nitrogens is 1. The molecule has 1 amide bonds. The number of methoxy groups -OCH3 is 1. The van der Waals surface area contributed by atoms with Gasteiger partial charge in [0.25, 0.3) is 5.91 Å². The molecule has 1 aliphatic rings.